The third kappa shape index (κ3) is 4.71. The number of anilines is 1. The smallest absolute Gasteiger partial charge is 0.274 e. The summed E-state index contributed by atoms with van der Waals surface area (Å²) >= 11 is 0. The first-order valence-corrected chi connectivity index (χ1v) is 9.21. The van der Waals surface area contributed by atoms with Crippen LogP contribution in [0.1, 0.15) is 36.6 Å². The molecule has 0 unspecified atom stereocenters. The first kappa shape index (κ1) is 20.8. The summed E-state index contributed by atoms with van der Waals surface area (Å²) in [7, 11) is 1.53. The van der Waals surface area contributed by atoms with Gasteiger partial charge in [0.15, 0.2) is 0 Å². The number of amides is 3. The predicted octanol–water partition coefficient (Wildman–Crippen LogP) is 3.39. The number of hydrogen-bond donors (Lipinski definition) is 4. The maximum absolute atomic E-state index is 12.6. The highest BCUT2D eigenvalue weighted by molar-refractivity contribution is 6.05. The van der Waals surface area contributed by atoms with Crippen LogP contribution in [-0.2, 0) is 0 Å². The topological polar surface area (TPSA) is 108 Å². The van der Waals surface area contributed by atoms with Crippen molar-refractivity contribution < 1.29 is 19.6 Å². The van der Waals surface area contributed by atoms with Crippen LogP contribution in [0.3, 0.4) is 0 Å². The molecular weight excluding hydrogens is 382 g/mol. The van der Waals surface area contributed by atoms with Gasteiger partial charge < -0.3 is 10.6 Å². The average molecular weight is 403 g/mol. The Morgan fingerprint density at radius 1 is 0.700 bits per heavy atom. The predicted molar refractivity (Wildman–Crippen MR) is 114 cm³/mol. The summed E-state index contributed by atoms with van der Waals surface area (Å²) < 4.78 is 0. The Morgan fingerprint density at radius 3 is 1.90 bits per heavy atom. The molecule has 3 amide bonds. The molecule has 3 aromatic carbocycles. The minimum Gasteiger partial charge on any atom is -0.355 e. The van der Waals surface area contributed by atoms with Gasteiger partial charge in [-0.2, -0.15) is 0 Å². The molecule has 0 aliphatic carbocycles. The van der Waals surface area contributed by atoms with Crippen molar-refractivity contribution in [3.8, 4) is 11.1 Å². The molecule has 0 atom stereocenters. The molecule has 0 aromatic heterocycles. The van der Waals surface area contributed by atoms with E-state index in [1.165, 1.54) is 7.05 Å². The van der Waals surface area contributed by atoms with Gasteiger partial charge in [0.25, 0.3) is 17.7 Å². The molecule has 0 saturated heterocycles. The fourth-order valence-corrected chi connectivity index (χ4v) is 2.93. The lowest BCUT2D eigenvalue weighted by Crippen LogP contribution is -2.19. The Hall–Kier alpha value is -3.97. The van der Waals surface area contributed by atoms with Gasteiger partial charge >= 0.3 is 0 Å². The van der Waals surface area contributed by atoms with Crippen LogP contribution >= 0.6 is 0 Å². The van der Waals surface area contributed by atoms with Crippen LogP contribution in [0.5, 0.6) is 0 Å². The van der Waals surface area contributed by atoms with Crippen molar-refractivity contribution >= 4 is 23.4 Å². The number of carbonyl (C=O) groups is 3. The van der Waals surface area contributed by atoms with Crippen molar-refractivity contribution in [3.05, 3.63) is 89.0 Å². The zero-order valence-corrected chi connectivity index (χ0v) is 16.5. The van der Waals surface area contributed by atoms with E-state index >= 15 is 0 Å². The number of hydroxylamine groups is 1. The quantitative estimate of drug-likeness (QED) is 0.387. The van der Waals surface area contributed by atoms with Crippen molar-refractivity contribution in [3.63, 3.8) is 0 Å². The number of nitrogens with one attached hydrogen (secondary N) is 3. The van der Waals surface area contributed by atoms with Gasteiger partial charge in [0.05, 0.1) is 0 Å². The number of hydrogen-bond acceptors (Lipinski definition) is 4. The average Bonchev–Trinajstić information content (AvgIpc) is 2.78. The van der Waals surface area contributed by atoms with Crippen molar-refractivity contribution in [2.45, 2.75) is 6.92 Å². The second kappa shape index (κ2) is 9.02. The number of aryl methyl sites for hydroxylation is 1. The first-order valence-electron chi connectivity index (χ1n) is 9.21. The summed E-state index contributed by atoms with van der Waals surface area (Å²) in [4.78, 5) is 36.3. The van der Waals surface area contributed by atoms with Gasteiger partial charge in [-0.05, 0) is 60.5 Å². The maximum atomic E-state index is 12.6. The lowest BCUT2D eigenvalue weighted by atomic mass is 10.00. The van der Waals surface area contributed by atoms with E-state index in [-0.39, 0.29) is 17.4 Å². The molecular formula is C23H21N3O4. The highest BCUT2D eigenvalue weighted by Crippen LogP contribution is 2.26. The van der Waals surface area contributed by atoms with Gasteiger partial charge in [-0.25, -0.2) is 5.48 Å². The fourth-order valence-electron chi connectivity index (χ4n) is 2.93. The summed E-state index contributed by atoms with van der Waals surface area (Å²) in [5, 5.41) is 14.2. The molecule has 0 saturated carbocycles. The zero-order valence-electron chi connectivity index (χ0n) is 16.5. The minimum atomic E-state index is -0.619. The Labute approximate surface area is 173 Å². The number of carbonyl (C=O) groups excluding carboxylic acids is 3. The fraction of sp³-hybridized carbons (Fsp3) is 0.0870. The second-order valence-electron chi connectivity index (χ2n) is 6.72. The summed E-state index contributed by atoms with van der Waals surface area (Å²) in [5.41, 5.74) is 5.70. The van der Waals surface area contributed by atoms with Gasteiger partial charge in [0.1, 0.15) is 0 Å². The molecule has 0 aliphatic rings. The Morgan fingerprint density at radius 2 is 1.30 bits per heavy atom. The van der Waals surface area contributed by atoms with Gasteiger partial charge in [-0.15, -0.1) is 0 Å². The summed E-state index contributed by atoms with van der Waals surface area (Å²) in [5.74, 6) is -1.20. The molecule has 3 rings (SSSR count). The van der Waals surface area contributed by atoms with Gasteiger partial charge in [-0.3, -0.25) is 19.6 Å². The van der Waals surface area contributed by atoms with Gasteiger partial charge in [0, 0.05) is 29.4 Å². The molecule has 0 fully saturated rings. The van der Waals surface area contributed by atoms with Crippen molar-refractivity contribution in [1.82, 2.24) is 10.8 Å². The first-order chi connectivity index (χ1) is 14.4. The molecule has 152 valence electrons. The molecule has 0 spiro atoms. The lowest BCUT2D eigenvalue weighted by molar-refractivity contribution is 0.0706. The molecule has 0 aliphatic heterocycles. The van der Waals surface area contributed by atoms with E-state index in [0.29, 0.717) is 22.4 Å². The van der Waals surface area contributed by atoms with E-state index in [4.69, 9.17) is 5.21 Å². The van der Waals surface area contributed by atoms with Crippen LogP contribution in [0.4, 0.5) is 5.69 Å². The second-order valence-corrected chi connectivity index (χ2v) is 6.72. The largest absolute Gasteiger partial charge is 0.355 e. The Balaban J connectivity index is 1.95. The van der Waals surface area contributed by atoms with Crippen molar-refractivity contribution in [2.24, 2.45) is 0 Å². The minimum absolute atomic E-state index is 0.287. The normalized spacial score (nSPS) is 10.2. The third-order valence-electron chi connectivity index (χ3n) is 4.58. The van der Waals surface area contributed by atoms with Gasteiger partial charge in [0.2, 0.25) is 0 Å². The Kier molecular flexibility index (Phi) is 6.24. The van der Waals surface area contributed by atoms with Crippen LogP contribution in [0.2, 0.25) is 0 Å². The standard InChI is InChI=1S/C23H21N3O4/c1-14-3-5-16(6-4-14)22(28)25-20-12-18(11-19(13-20)21(27)24-2)15-7-9-17(10-8-15)23(29)26-30/h3-13,30H,1-2H3,(H,24,27)(H,25,28)(H,26,29). The van der Waals surface area contributed by atoms with E-state index in [2.05, 4.69) is 10.6 Å². The summed E-state index contributed by atoms with van der Waals surface area (Å²) in [6.45, 7) is 1.94. The van der Waals surface area contributed by atoms with Crippen LogP contribution in [-0.4, -0.2) is 30.0 Å². The van der Waals surface area contributed by atoms with Crippen LogP contribution in [0.15, 0.2) is 66.7 Å². The molecule has 7 heteroatoms. The molecule has 4 N–H and O–H groups in total. The third-order valence-corrected chi connectivity index (χ3v) is 4.58. The Bertz CT molecular complexity index is 1090. The van der Waals surface area contributed by atoms with Crippen LogP contribution < -0.4 is 16.1 Å². The van der Waals surface area contributed by atoms with Crippen LogP contribution in [0.25, 0.3) is 11.1 Å². The summed E-state index contributed by atoms with van der Waals surface area (Å²) in [6, 6.07) is 18.7. The molecule has 0 heterocycles. The van der Waals surface area contributed by atoms with E-state index in [1.54, 1.807) is 60.1 Å². The maximum Gasteiger partial charge on any atom is 0.274 e. The molecule has 7 nitrogen and oxygen atoms in total. The van der Waals surface area contributed by atoms with E-state index in [0.717, 1.165) is 11.1 Å². The molecule has 0 bridgehead atoms. The monoisotopic (exact) mass is 403 g/mol. The number of rotatable bonds is 5. The van der Waals surface area contributed by atoms with E-state index in [9.17, 15) is 14.4 Å². The van der Waals surface area contributed by atoms with E-state index in [1.807, 2.05) is 19.1 Å². The molecule has 30 heavy (non-hydrogen) atoms. The van der Waals surface area contributed by atoms with Crippen LogP contribution in [0, 0.1) is 6.92 Å². The van der Waals surface area contributed by atoms with E-state index < -0.39 is 5.91 Å². The summed E-state index contributed by atoms with van der Waals surface area (Å²) in [6.07, 6.45) is 0. The number of benzene rings is 3. The SMILES string of the molecule is CNC(=O)c1cc(NC(=O)c2ccc(C)cc2)cc(-c2ccc(C(=O)NO)cc2)c1. The molecule has 3 aromatic rings. The van der Waals surface area contributed by atoms with Crippen molar-refractivity contribution in [2.75, 3.05) is 12.4 Å². The molecule has 0 radical (unpaired) electrons. The van der Waals surface area contributed by atoms with Gasteiger partial charge in [-0.1, -0.05) is 29.8 Å². The lowest BCUT2D eigenvalue weighted by Gasteiger charge is -2.12. The highest BCUT2D eigenvalue weighted by atomic mass is 16.5. The highest BCUT2D eigenvalue weighted by Gasteiger charge is 2.12. The van der Waals surface area contributed by atoms with Crippen molar-refractivity contribution in [1.29, 1.82) is 0 Å². The zero-order chi connectivity index (χ0) is 21.7.